The Morgan fingerprint density at radius 1 is 1.56 bits per heavy atom. The Morgan fingerprint density at radius 2 is 2.31 bits per heavy atom. The normalized spacial score (nSPS) is 10.8. The Bertz CT molecular complexity index is 334. The molecular formula is C11H19N3O2. The van der Waals surface area contributed by atoms with E-state index in [2.05, 4.69) is 29.6 Å². The molecule has 0 spiro atoms. The van der Waals surface area contributed by atoms with Crippen LogP contribution < -0.4 is 10.6 Å². The monoisotopic (exact) mass is 225 g/mol. The largest absolute Gasteiger partial charge is 0.338 e. The number of nitrogens with zero attached hydrogens (tertiary/aromatic N) is 1. The van der Waals surface area contributed by atoms with E-state index >= 15 is 0 Å². The number of nitrogens with one attached hydrogen (secondary N) is 2. The van der Waals surface area contributed by atoms with Crippen LogP contribution in [-0.4, -0.2) is 23.7 Å². The fraction of sp³-hybridized carbons (Fsp3) is 0.636. The maximum Gasteiger partial charge on any atom is 0.231 e. The summed E-state index contributed by atoms with van der Waals surface area (Å²) in [5, 5.41) is 9.60. The van der Waals surface area contributed by atoms with Crippen molar-refractivity contribution in [2.24, 2.45) is 0 Å². The Hall–Kier alpha value is -1.36. The van der Waals surface area contributed by atoms with Crippen molar-refractivity contribution in [3.63, 3.8) is 0 Å². The highest BCUT2D eigenvalue weighted by Gasteiger charge is 2.05. The summed E-state index contributed by atoms with van der Waals surface area (Å²) in [7, 11) is 0. The minimum Gasteiger partial charge on any atom is -0.338 e. The number of amides is 1. The van der Waals surface area contributed by atoms with Crippen LogP contribution in [0.25, 0.3) is 0 Å². The van der Waals surface area contributed by atoms with Gasteiger partial charge in [0.05, 0.1) is 5.69 Å². The number of aryl methyl sites for hydroxylation is 1. The quantitative estimate of drug-likeness (QED) is 0.723. The van der Waals surface area contributed by atoms with E-state index < -0.39 is 0 Å². The van der Waals surface area contributed by atoms with Gasteiger partial charge in [-0.15, -0.1) is 0 Å². The molecule has 1 rings (SSSR count). The van der Waals surface area contributed by atoms with Gasteiger partial charge in [-0.25, -0.2) is 0 Å². The predicted molar refractivity (Wildman–Crippen MR) is 62.2 cm³/mol. The lowest BCUT2D eigenvalue weighted by Crippen LogP contribution is -2.24. The molecule has 0 saturated heterocycles. The number of anilines is 1. The van der Waals surface area contributed by atoms with Gasteiger partial charge in [0.2, 0.25) is 11.8 Å². The summed E-state index contributed by atoms with van der Waals surface area (Å²) in [5.41, 5.74) is 0.761. The summed E-state index contributed by atoms with van der Waals surface area (Å²) >= 11 is 0. The highest BCUT2D eigenvalue weighted by molar-refractivity contribution is 5.89. The summed E-state index contributed by atoms with van der Waals surface area (Å²) < 4.78 is 4.88. The lowest BCUT2D eigenvalue weighted by Gasteiger charge is -2.06. The summed E-state index contributed by atoms with van der Waals surface area (Å²) in [6, 6.07) is 2.16. The number of aromatic nitrogens is 1. The maximum atomic E-state index is 11.4. The zero-order valence-corrected chi connectivity index (χ0v) is 10.0. The van der Waals surface area contributed by atoms with Gasteiger partial charge < -0.3 is 9.84 Å². The first-order chi connectivity index (χ1) is 7.58. The van der Waals surface area contributed by atoms with Crippen LogP contribution in [0.15, 0.2) is 10.6 Å². The second kappa shape index (κ2) is 6.27. The van der Waals surface area contributed by atoms with Crippen molar-refractivity contribution in [1.29, 1.82) is 0 Å². The molecule has 0 aliphatic carbocycles. The lowest BCUT2D eigenvalue weighted by atomic mass is 10.2. The molecule has 0 aliphatic rings. The number of carbonyl (C=O) groups excluding carboxylic acids is 1. The minimum absolute atomic E-state index is 0.0401. The zero-order valence-electron chi connectivity index (χ0n) is 10.0. The van der Waals surface area contributed by atoms with E-state index in [0.29, 0.717) is 18.3 Å². The first-order valence-corrected chi connectivity index (χ1v) is 5.54. The van der Waals surface area contributed by atoms with Gasteiger partial charge in [0.25, 0.3) is 0 Å². The Labute approximate surface area is 95.6 Å². The molecule has 1 aromatic heterocycles. The molecular weight excluding hydrogens is 206 g/mol. The predicted octanol–water partition coefficient (Wildman–Crippen LogP) is 1.70. The van der Waals surface area contributed by atoms with Gasteiger partial charge in [-0.05, 0) is 19.9 Å². The van der Waals surface area contributed by atoms with Crippen molar-refractivity contribution in [2.75, 3.05) is 11.9 Å². The molecule has 90 valence electrons. The van der Waals surface area contributed by atoms with Gasteiger partial charge in [0, 0.05) is 18.5 Å². The van der Waals surface area contributed by atoms with Crippen molar-refractivity contribution in [1.82, 2.24) is 10.5 Å². The smallest absolute Gasteiger partial charge is 0.231 e. The zero-order chi connectivity index (χ0) is 12.0. The van der Waals surface area contributed by atoms with Crippen LogP contribution in [-0.2, 0) is 4.79 Å². The van der Waals surface area contributed by atoms with Gasteiger partial charge in [-0.3, -0.25) is 10.1 Å². The minimum atomic E-state index is -0.0401. The third kappa shape index (κ3) is 4.93. The first kappa shape index (κ1) is 12.7. The third-order valence-electron chi connectivity index (χ3n) is 2.02. The van der Waals surface area contributed by atoms with Crippen molar-refractivity contribution in [3.8, 4) is 0 Å². The van der Waals surface area contributed by atoms with Crippen molar-refractivity contribution >= 4 is 11.8 Å². The first-order valence-electron chi connectivity index (χ1n) is 5.54. The molecule has 0 atom stereocenters. The van der Waals surface area contributed by atoms with Crippen LogP contribution in [0.4, 0.5) is 5.88 Å². The maximum absolute atomic E-state index is 11.4. The van der Waals surface area contributed by atoms with Gasteiger partial charge in [-0.2, -0.15) is 0 Å². The highest BCUT2D eigenvalue weighted by Crippen LogP contribution is 2.08. The molecule has 1 heterocycles. The van der Waals surface area contributed by atoms with Crippen molar-refractivity contribution in [2.45, 2.75) is 39.7 Å². The molecule has 0 aromatic carbocycles. The van der Waals surface area contributed by atoms with Crippen LogP contribution in [0, 0.1) is 6.92 Å². The topological polar surface area (TPSA) is 67.2 Å². The SMILES string of the molecule is Cc1cc(NC(=O)CCCNC(C)C)on1. The molecule has 0 radical (unpaired) electrons. The van der Waals surface area contributed by atoms with Crippen LogP contribution in [0.1, 0.15) is 32.4 Å². The van der Waals surface area contributed by atoms with Gasteiger partial charge >= 0.3 is 0 Å². The van der Waals surface area contributed by atoms with Crippen LogP contribution in [0.3, 0.4) is 0 Å². The molecule has 1 aromatic rings. The molecule has 0 bridgehead atoms. The molecule has 5 nitrogen and oxygen atoms in total. The number of hydrogen-bond donors (Lipinski definition) is 2. The molecule has 16 heavy (non-hydrogen) atoms. The van der Waals surface area contributed by atoms with Gasteiger partial charge in [-0.1, -0.05) is 19.0 Å². The fourth-order valence-corrected chi connectivity index (χ4v) is 1.26. The van der Waals surface area contributed by atoms with E-state index in [1.165, 1.54) is 0 Å². The summed E-state index contributed by atoms with van der Waals surface area (Å²) in [5.74, 6) is 0.376. The summed E-state index contributed by atoms with van der Waals surface area (Å²) in [6.07, 6.45) is 1.30. The van der Waals surface area contributed by atoms with Gasteiger partial charge in [0.1, 0.15) is 0 Å². The Kier molecular flexibility index (Phi) is 4.98. The lowest BCUT2D eigenvalue weighted by molar-refractivity contribution is -0.116. The molecule has 0 fully saturated rings. The Morgan fingerprint density at radius 3 is 2.88 bits per heavy atom. The van der Waals surface area contributed by atoms with Crippen LogP contribution >= 0.6 is 0 Å². The molecule has 2 N–H and O–H groups in total. The van der Waals surface area contributed by atoms with E-state index in [-0.39, 0.29) is 5.91 Å². The average molecular weight is 225 g/mol. The second-order valence-corrected chi connectivity index (χ2v) is 4.09. The van der Waals surface area contributed by atoms with E-state index in [4.69, 9.17) is 4.52 Å². The van der Waals surface area contributed by atoms with E-state index in [0.717, 1.165) is 18.7 Å². The summed E-state index contributed by atoms with van der Waals surface area (Å²) in [4.78, 5) is 11.4. The molecule has 0 aliphatic heterocycles. The summed E-state index contributed by atoms with van der Waals surface area (Å²) in [6.45, 7) is 6.82. The molecule has 1 amide bonds. The molecule has 5 heteroatoms. The standard InChI is InChI=1S/C11H19N3O2/c1-8(2)12-6-4-5-10(15)13-11-7-9(3)14-16-11/h7-8,12H,4-6H2,1-3H3,(H,13,15). The average Bonchev–Trinajstić information content (AvgIpc) is 2.58. The van der Waals surface area contributed by atoms with Crippen molar-refractivity contribution < 1.29 is 9.32 Å². The number of hydrogen-bond acceptors (Lipinski definition) is 4. The highest BCUT2D eigenvalue weighted by atomic mass is 16.5. The second-order valence-electron chi connectivity index (χ2n) is 4.09. The molecule has 0 unspecified atom stereocenters. The Balaban J connectivity index is 2.16. The van der Waals surface area contributed by atoms with E-state index in [9.17, 15) is 4.79 Å². The fourth-order valence-electron chi connectivity index (χ4n) is 1.26. The van der Waals surface area contributed by atoms with Crippen LogP contribution in [0.5, 0.6) is 0 Å². The number of rotatable bonds is 6. The van der Waals surface area contributed by atoms with E-state index in [1.807, 2.05) is 6.92 Å². The van der Waals surface area contributed by atoms with Gasteiger partial charge in [0.15, 0.2) is 0 Å². The molecule has 0 saturated carbocycles. The number of carbonyl (C=O) groups is 1. The van der Waals surface area contributed by atoms with Crippen molar-refractivity contribution in [3.05, 3.63) is 11.8 Å². The third-order valence-corrected chi connectivity index (χ3v) is 2.02. The van der Waals surface area contributed by atoms with Crippen LogP contribution in [0.2, 0.25) is 0 Å². The van der Waals surface area contributed by atoms with E-state index in [1.54, 1.807) is 6.07 Å².